The van der Waals surface area contributed by atoms with Gasteiger partial charge < -0.3 is 15.5 Å². The van der Waals surface area contributed by atoms with Gasteiger partial charge in [0.15, 0.2) is 0 Å². The van der Waals surface area contributed by atoms with Gasteiger partial charge in [-0.3, -0.25) is 0 Å². The highest BCUT2D eigenvalue weighted by Gasteiger charge is 2.39. The van der Waals surface area contributed by atoms with Gasteiger partial charge in [-0.1, -0.05) is 0 Å². The number of halogens is 6. The Morgan fingerprint density at radius 2 is 1.49 bits per heavy atom. The number of sulfonamides is 1. The van der Waals surface area contributed by atoms with Gasteiger partial charge in [-0.25, -0.2) is 32.3 Å². The van der Waals surface area contributed by atoms with Gasteiger partial charge in [0.2, 0.25) is 10.0 Å². The maximum atomic E-state index is 11.6. The number of nitrogens with one attached hydrogen (secondary N) is 1. The molecule has 0 radical (unpaired) electrons. The lowest BCUT2D eigenvalue weighted by Crippen LogP contribution is -2.38. The van der Waals surface area contributed by atoms with E-state index in [0.717, 1.165) is 37.2 Å². The number of hydrogen-bond donors (Lipinski definition) is 3. The van der Waals surface area contributed by atoms with Crippen molar-refractivity contribution in [1.29, 1.82) is 0 Å². The molecule has 0 spiro atoms. The molecule has 2 aliphatic heterocycles. The van der Waals surface area contributed by atoms with Crippen molar-refractivity contribution in [2.75, 3.05) is 19.3 Å². The zero-order valence-electron chi connectivity index (χ0n) is 18.5. The van der Waals surface area contributed by atoms with Crippen LogP contribution in [0.2, 0.25) is 0 Å². The lowest BCUT2D eigenvalue weighted by molar-refractivity contribution is -0.193. The summed E-state index contributed by atoms with van der Waals surface area (Å²) >= 11 is 0. The quantitative estimate of drug-likeness (QED) is 0.480. The van der Waals surface area contributed by atoms with Crippen LogP contribution in [0.25, 0.3) is 0 Å². The van der Waals surface area contributed by atoms with Crippen molar-refractivity contribution in [3.63, 3.8) is 0 Å². The largest absolute Gasteiger partial charge is 0.490 e. The van der Waals surface area contributed by atoms with E-state index >= 15 is 0 Å². The summed E-state index contributed by atoms with van der Waals surface area (Å²) in [5, 5.41) is 17.7. The van der Waals surface area contributed by atoms with Crippen LogP contribution in [0.1, 0.15) is 42.6 Å². The molecule has 0 aliphatic carbocycles. The third kappa shape index (κ3) is 9.93. The van der Waals surface area contributed by atoms with Gasteiger partial charge in [0, 0.05) is 43.6 Å². The Bertz CT molecular complexity index is 970. The molecule has 1 saturated heterocycles. The Morgan fingerprint density at radius 1 is 1.03 bits per heavy atom. The monoisotopic (exact) mass is 538 g/mol. The lowest BCUT2D eigenvalue weighted by atomic mass is 9.88. The Balaban J connectivity index is 0.000000362. The fourth-order valence-electron chi connectivity index (χ4n) is 3.28. The number of nitrogens with zero attached hydrogens (tertiary/aromatic N) is 3. The Morgan fingerprint density at radius 3 is 1.89 bits per heavy atom. The highest BCUT2D eigenvalue weighted by molar-refractivity contribution is 7.88. The summed E-state index contributed by atoms with van der Waals surface area (Å²) in [5.74, 6) is -5.17. The maximum absolute atomic E-state index is 11.6. The second-order valence-electron chi connectivity index (χ2n) is 7.71. The minimum Gasteiger partial charge on any atom is -0.475 e. The maximum Gasteiger partial charge on any atom is 0.490 e. The number of aromatic nitrogens is 2. The minimum absolute atomic E-state index is 0.343. The van der Waals surface area contributed by atoms with E-state index in [1.54, 1.807) is 10.6 Å². The number of carbonyl (C=O) groups is 2. The number of rotatable bonds is 2. The van der Waals surface area contributed by atoms with Gasteiger partial charge in [-0.05, 0) is 19.8 Å². The van der Waals surface area contributed by atoms with Crippen LogP contribution in [-0.2, 0) is 32.6 Å². The van der Waals surface area contributed by atoms with Crippen molar-refractivity contribution in [2.45, 2.75) is 57.0 Å². The van der Waals surface area contributed by atoms with E-state index in [9.17, 15) is 34.8 Å². The molecule has 0 unspecified atom stereocenters. The van der Waals surface area contributed by atoms with Gasteiger partial charge in [0.1, 0.15) is 6.33 Å². The second kappa shape index (κ2) is 11.9. The Labute approximate surface area is 196 Å². The third-order valence-electron chi connectivity index (χ3n) is 4.99. The third-order valence-corrected chi connectivity index (χ3v) is 6.29. The van der Waals surface area contributed by atoms with Crippen LogP contribution < -0.4 is 5.32 Å². The van der Waals surface area contributed by atoms with E-state index < -0.39 is 34.3 Å². The zero-order chi connectivity index (χ0) is 27.2. The SMILES string of the molecule is C[C@@H]1Cc2ncnc(C3CCN(S(C)(=O)=O)CC3)c2CN1.O=C(O)C(F)(F)F.O=C(O)C(F)(F)F. The minimum atomic E-state index is -5.08. The summed E-state index contributed by atoms with van der Waals surface area (Å²) in [4.78, 5) is 26.7. The van der Waals surface area contributed by atoms with Gasteiger partial charge in [0.05, 0.1) is 17.6 Å². The lowest BCUT2D eigenvalue weighted by Gasteiger charge is -2.32. The molecule has 2 aliphatic rings. The van der Waals surface area contributed by atoms with E-state index in [0.29, 0.717) is 25.0 Å². The molecule has 17 heteroatoms. The van der Waals surface area contributed by atoms with Crippen molar-refractivity contribution < 1.29 is 54.6 Å². The first-order valence-corrected chi connectivity index (χ1v) is 11.8. The number of aliphatic carboxylic acids is 2. The first kappa shape index (κ1) is 30.5. The van der Waals surface area contributed by atoms with E-state index in [1.165, 1.54) is 11.8 Å². The molecule has 0 amide bonds. The summed E-state index contributed by atoms with van der Waals surface area (Å²) < 4.78 is 88.2. The smallest absolute Gasteiger partial charge is 0.475 e. The van der Waals surface area contributed by atoms with E-state index in [-0.39, 0.29) is 0 Å². The first-order chi connectivity index (χ1) is 15.8. The Hall–Kier alpha value is -2.53. The van der Waals surface area contributed by atoms with Crippen molar-refractivity contribution in [3.05, 3.63) is 23.3 Å². The fraction of sp³-hybridized carbons (Fsp3) is 0.667. The summed E-state index contributed by atoms with van der Waals surface area (Å²) in [6, 6.07) is 0.451. The van der Waals surface area contributed by atoms with Crippen LogP contribution in [0.4, 0.5) is 26.3 Å². The summed E-state index contributed by atoms with van der Waals surface area (Å²) in [6.45, 7) is 4.16. The van der Waals surface area contributed by atoms with Crippen LogP contribution in [0.5, 0.6) is 0 Å². The topological polar surface area (TPSA) is 150 Å². The predicted molar refractivity (Wildman–Crippen MR) is 108 cm³/mol. The average molecular weight is 538 g/mol. The second-order valence-corrected chi connectivity index (χ2v) is 9.69. The van der Waals surface area contributed by atoms with Crippen LogP contribution in [-0.4, -0.2) is 82.6 Å². The summed E-state index contributed by atoms with van der Waals surface area (Å²) in [6.07, 6.45) is -4.61. The number of carboxylic acid groups (broad SMARTS) is 2. The normalized spacial score (nSPS) is 19.4. The number of alkyl halides is 6. The molecule has 0 bridgehead atoms. The Kier molecular flexibility index (Phi) is 10.4. The highest BCUT2D eigenvalue weighted by Crippen LogP contribution is 2.31. The molecule has 0 saturated carbocycles. The predicted octanol–water partition coefficient (Wildman–Crippen LogP) is 1.92. The molecule has 1 atom stereocenters. The van der Waals surface area contributed by atoms with Gasteiger partial charge in [-0.15, -0.1) is 0 Å². The van der Waals surface area contributed by atoms with E-state index in [1.807, 2.05) is 0 Å². The van der Waals surface area contributed by atoms with E-state index in [4.69, 9.17) is 19.8 Å². The molecule has 0 aromatic carbocycles. The van der Waals surface area contributed by atoms with Gasteiger partial charge in [-0.2, -0.15) is 26.3 Å². The van der Waals surface area contributed by atoms with Crippen LogP contribution >= 0.6 is 0 Å². The number of piperidine rings is 1. The summed E-state index contributed by atoms with van der Waals surface area (Å²) in [7, 11) is -3.07. The zero-order valence-corrected chi connectivity index (χ0v) is 19.3. The number of hydrogen-bond acceptors (Lipinski definition) is 7. The van der Waals surface area contributed by atoms with Crippen molar-refractivity contribution >= 4 is 22.0 Å². The van der Waals surface area contributed by atoms with Crippen LogP contribution in [0.15, 0.2) is 6.33 Å². The highest BCUT2D eigenvalue weighted by atomic mass is 32.2. The summed E-state index contributed by atoms with van der Waals surface area (Å²) in [5.41, 5.74) is 3.50. The molecule has 1 aromatic rings. The van der Waals surface area contributed by atoms with Crippen molar-refractivity contribution in [3.8, 4) is 0 Å². The number of fused-ring (bicyclic) bond motifs is 1. The van der Waals surface area contributed by atoms with Gasteiger partial charge in [0.25, 0.3) is 0 Å². The standard InChI is InChI=1S/C14H22N4O2S.2C2HF3O2/c1-10-7-13-12(8-15-10)14(17-9-16-13)11-3-5-18(6-4-11)21(2,19)20;2*3-2(4,5)1(6)7/h9-11,15H,3-8H2,1-2H3;2*(H,6,7)/t10-;;/m1../s1. The first-order valence-electron chi connectivity index (χ1n) is 9.95. The molecule has 3 N–H and O–H groups in total. The molecule has 3 rings (SSSR count). The molecular weight excluding hydrogens is 514 g/mol. The molecular formula is C18H24F6N4O6S. The van der Waals surface area contributed by atoms with Gasteiger partial charge >= 0.3 is 24.3 Å². The number of carboxylic acids is 2. The molecule has 3 heterocycles. The van der Waals surface area contributed by atoms with Crippen LogP contribution in [0, 0.1) is 0 Å². The average Bonchev–Trinajstić information content (AvgIpc) is 2.72. The molecule has 200 valence electrons. The molecule has 35 heavy (non-hydrogen) atoms. The van der Waals surface area contributed by atoms with Crippen LogP contribution in [0.3, 0.4) is 0 Å². The molecule has 10 nitrogen and oxygen atoms in total. The van der Waals surface area contributed by atoms with E-state index in [2.05, 4.69) is 22.2 Å². The molecule has 1 aromatic heterocycles. The van der Waals surface area contributed by atoms with Crippen molar-refractivity contribution in [2.24, 2.45) is 0 Å². The van der Waals surface area contributed by atoms with Crippen molar-refractivity contribution in [1.82, 2.24) is 19.6 Å². The molecule has 1 fully saturated rings. The fourth-order valence-corrected chi connectivity index (χ4v) is 4.16.